The average Bonchev–Trinajstić information content (AvgIpc) is 2.62. The molecule has 5 heteroatoms. The summed E-state index contributed by atoms with van der Waals surface area (Å²) in [5.74, 6) is -0.139. The maximum Gasteiger partial charge on any atom is 0.307 e. The molecule has 0 amide bonds. The van der Waals surface area contributed by atoms with E-state index < -0.39 is 0 Å². The first kappa shape index (κ1) is 12.7. The van der Waals surface area contributed by atoms with E-state index in [1.807, 2.05) is 31.8 Å². The molecule has 0 saturated carbocycles. The number of carbonyl (C=O) groups excluding carboxylic acids is 1. The van der Waals surface area contributed by atoms with Gasteiger partial charge >= 0.3 is 5.97 Å². The van der Waals surface area contributed by atoms with E-state index in [0.717, 1.165) is 12.2 Å². The lowest BCUT2D eigenvalue weighted by Gasteiger charge is -2.15. The number of hydrogen-bond acceptors (Lipinski definition) is 4. The van der Waals surface area contributed by atoms with E-state index in [1.54, 1.807) is 6.33 Å². The minimum Gasteiger partial charge on any atom is -0.466 e. The number of esters is 1. The van der Waals surface area contributed by atoms with Crippen LogP contribution < -0.4 is 0 Å². The molecule has 0 radical (unpaired) electrons. The Morgan fingerprint density at radius 2 is 2.38 bits per heavy atom. The van der Waals surface area contributed by atoms with Gasteiger partial charge in [0, 0.05) is 26.3 Å². The molecule has 1 aromatic heterocycles. The fourth-order valence-corrected chi connectivity index (χ4v) is 1.41. The van der Waals surface area contributed by atoms with E-state index in [2.05, 4.69) is 9.88 Å². The van der Waals surface area contributed by atoms with Gasteiger partial charge in [0.1, 0.15) is 0 Å². The van der Waals surface area contributed by atoms with Crippen LogP contribution in [-0.2, 0) is 23.1 Å². The lowest BCUT2D eigenvalue weighted by molar-refractivity contribution is -0.143. The van der Waals surface area contributed by atoms with E-state index in [4.69, 9.17) is 4.74 Å². The molecule has 1 aromatic rings. The Morgan fingerprint density at radius 3 is 2.94 bits per heavy atom. The van der Waals surface area contributed by atoms with Crippen LogP contribution >= 0.6 is 0 Å². The molecule has 0 aliphatic rings. The first-order valence-corrected chi connectivity index (χ1v) is 5.42. The van der Waals surface area contributed by atoms with Crippen LogP contribution in [0.1, 0.15) is 19.0 Å². The molecule has 0 bridgehead atoms. The summed E-state index contributed by atoms with van der Waals surface area (Å²) >= 11 is 0. The molecule has 1 heterocycles. The van der Waals surface area contributed by atoms with Gasteiger partial charge in [-0.15, -0.1) is 0 Å². The third kappa shape index (κ3) is 4.02. The van der Waals surface area contributed by atoms with Crippen molar-refractivity contribution in [3.8, 4) is 0 Å². The fourth-order valence-electron chi connectivity index (χ4n) is 1.41. The molecule has 0 aromatic carbocycles. The summed E-state index contributed by atoms with van der Waals surface area (Å²) in [7, 11) is 3.94. The van der Waals surface area contributed by atoms with Gasteiger partial charge in [0.05, 0.1) is 25.0 Å². The van der Waals surface area contributed by atoms with Crippen LogP contribution in [0.4, 0.5) is 0 Å². The van der Waals surface area contributed by atoms with Crippen LogP contribution in [-0.4, -0.2) is 40.6 Å². The summed E-state index contributed by atoms with van der Waals surface area (Å²) in [6, 6.07) is 0. The Bertz CT molecular complexity index is 336. The summed E-state index contributed by atoms with van der Waals surface area (Å²) in [6.07, 6.45) is 4.04. The van der Waals surface area contributed by atoms with Gasteiger partial charge in [-0.3, -0.25) is 9.69 Å². The summed E-state index contributed by atoms with van der Waals surface area (Å²) < 4.78 is 6.84. The largest absolute Gasteiger partial charge is 0.466 e. The number of aryl methyl sites for hydroxylation is 1. The van der Waals surface area contributed by atoms with Crippen molar-refractivity contribution in [1.29, 1.82) is 0 Å². The summed E-state index contributed by atoms with van der Waals surface area (Å²) in [5.41, 5.74) is 1.13. The molecule has 0 N–H and O–H groups in total. The first-order chi connectivity index (χ1) is 7.63. The number of rotatable bonds is 6. The Labute approximate surface area is 96.0 Å². The van der Waals surface area contributed by atoms with Crippen LogP contribution in [0.5, 0.6) is 0 Å². The second-order valence-electron chi connectivity index (χ2n) is 3.79. The molecule has 16 heavy (non-hydrogen) atoms. The molecule has 5 nitrogen and oxygen atoms in total. The van der Waals surface area contributed by atoms with E-state index in [9.17, 15) is 4.79 Å². The number of hydrogen-bond donors (Lipinski definition) is 0. The molecule has 0 aliphatic carbocycles. The standard InChI is InChI=1S/C11H19N3O2/c1-4-16-11(15)5-6-13(2)8-10-7-12-9-14(10)3/h7,9H,4-6,8H2,1-3H3. The average molecular weight is 225 g/mol. The predicted molar refractivity (Wildman–Crippen MR) is 60.8 cm³/mol. The molecule has 0 atom stereocenters. The topological polar surface area (TPSA) is 47.4 Å². The molecular formula is C11H19N3O2. The lowest BCUT2D eigenvalue weighted by Crippen LogP contribution is -2.23. The van der Waals surface area contributed by atoms with Crippen molar-refractivity contribution in [3.05, 3.63) is 18.2 Å². The summed E-state index contributed by atoms with van der Waals surface area (Å²) in [4.78, 5) is 17.3. The fraction of sp³-hybridized carbons (Fsp3) is 0.636. The van der Waals surface area contributed by atoms with Gasteiger partial charge in [-0.2, -0.15) is 0 Å². The summed E-state index contributed by atoms with van der Waals surface area (Å²) in [5, 5.41) is 0. The van der Waals surface area contributed by atoms with E-state index >= 15 is 0 Å². The first-order valence-electron chi connectivity index (χ1n) is 5.42. The van der Waals surface area contributed by atoms with Crippen molar-refractivity contribution in [2.45, 2.75) is 19.9 Å². The molecule has 90 valence electrons. The predicted octanol–water partition coefficient (Wildman–Crippen LogP) is 0.805. The minimum absolute atomic E-state index is 0.139. The number of aromatic nitrogens is 2. The zero-order valence-electron chi connectivity index (χ0n) is 10.1. The van der Waals surface area contributed by atoms with Gasteiger partial charge in [0.25, 0.3) is 0 Å². The third-order valence-corrected chi connectivity index (χ3v) is 2.35. The van der Waals surface area contributed by atoms with E-state index in [-0.39, 0.29) is 5.97 Å². The van der Waals surface area contributed by atoms with Crippen molar-refractivity contribution >= 4 is 5.97 Å². The highest BCUT2D eigenvalue weighted by atomic mass is 16.5. The third-order valence-electron chi connectivity index (χ3n) is 2.35. The maximum atomic E-state index is 11.2. The normalized spacial score (nSPS) is 10.8. The number of imidazole rings is 1. The van der Waals surface area contributed by atoms with Crippen molar-refractivity contribution in [2.24, 2.45) is 7.05 Å². The van der Waals surface area contributed by atoms with Crippen LogP contribution in [0.2, 0.25) is 0 Å². The minimum atomic E-state index is -0.139. The molecule has 0 saturated heterocycles. The maximum absolute atomic E-state index is 11.2. The van der Waals surface area contributed by atoms with Crippen LogP contribution in [0.15, 0.2) is 12.5 Å². The van der Waals surface area contributed by atoms with Crippen molar-refractivity contribution in [2.75, 3.05) is 20.2 Å². The monoisotopic (exact) mass is 225 g/mol. The lowest BCUT2D eigenvalue weighted by atomic mass is 10.3. The zero-order valence-corrected chi connectivity index (χ0v) is 10.1. The van der Waals surface area contributed by atoms with Crippen molar-refractivity contribution in [1.82, 2.24) is 14.5 Å². The van der Waals surface area contributed by atoms with Gasteiger partial charge < -0.3 is 9.30 Å². The van der Waals surface area contributed by atoms with Crippen molar-refractivity contribution in [3.63, 3.8) is 0 Å². The Hall–Kier alpha value is -1.36. The van der Waals surface area contributed by atoms with Gasteiger partial charge in [-0.25, -0.2) is 4.98 Å². The smallest absolute Gasteiger partial charge is 0.307 e. The molecule has 0 aliphatic heterocycles. The summed E-state index contributed by atoms with van der Waals surface area (Å²) in [6.45, 7) is 3.75. The van der Waals surface area contributed by atoms with Crippen LogP contribution in [0.25, 0.3) is 0 Å². The number of nitrogens with zero attached hydrogens (tertiary/aromatic N) is 3. The van der Waals surface area contributed by atoms with Gasteiger partial charge in [0.15, 0.2) is 0 Å². The second kappa shape index (κ2) is 6.27. The second-order valence-corrected chi connectivity index (χ2v) is 3.79. The highest BCUT2D eigenvalue weighted by molar-refractivity contribution is 5.69. The highest BCUT2D eigenvalue weighted by Crippen LogP contribution is 2.01. The Kier molecular flexibility index (Phi) is 4.98. The Balaban J connectivity index is 2.28. The molecule has 0 unspecified atom stereocenters. The van der Waals surface area contributed by atoms with Crippen molar-refractivity contribution < 1.29 is 9.53 Å². The van der Waals surface area contributed by atoms with Crippen LogP contribution in [0.3, 0.4) is 0 Å². The molecule has 1 rings (SSSR count). The number of carbonyl (C=O) groups is 1. The number of ether oxygens (including phenoxy) is 1. The van der Waals surface area contributed by atoms with Crippen LogP contribution in [0, 0.1) is 0 Å². The molecule has 0 spiro atoms. The quantitative estimate of drug-likeness (QED) is 0.672. The Morgan fingerprint density at radius 1 is 1.62 bits per heavy atom. The van der Waals surface area contributed by atoms with E-state index in [1.165, 1.54) is 0 Å². The van der Waals surface area contributed by atoms with Gasteiger partial charge in [0.2, 0.25) is 0 Å². The SMILES string of the molecule is CCOC(=O)CCN(C)Cc1cncn1C. The molecular weight excluding hydrogens is 206 g/mol. The van der Waals surface area contributed by atoms with Gasteiger partial charge in [-0.05, 0) is 14.0 Å². The zero-order chi connectivity index (χ0) is 12.0. The van der Waals surface area contributed by atoms with Gasteiger partial charge in [-0.1, -0.05) is 0 Å². The highest BCUT2D eigenvalue weighted by Gasteiger charge is 2.07. The molecule has 0 fully saturated rings. The van der Waals surface area contributed by atoms with E-state index in [0.29, 0.717) is 19.6 Å².